The van der Waals surface area contributed by atoms with Crippen molar-refractivity contribution in [3.05, 3.63) is 258 Å². The van der Waals surface area contributed by atoms with Gasteiger partial charge in [0, 0.05) is 16.7 Å². The molecule has 0 unspecified atom stereocenters. The zero-order chi connectivity index (χ0) is 45.5. The van der Waals surface area contributed by atoms with E-state index in [4.69, 9.17) is 15.0 Å². The van der Waals surface area contributed by atoms with Crippen molar-refractivity contribution in [1.82, 2.24) is 15.0 Å². The Morgan fingerprint density at radius 1 is 0.507 bits per heavy atom. The molecule has 0 fully saturated rings. The van der Waals surface area contributed by atoms with E-state index in [0.717, 1.165) is 56.1 Å². The van der Waals surface area contributed by atoms with Crippen LogP contribution in [0, 0.1) is 0 Å². The Morgan fingerprint density at radius 2 is 1.04 bits per heavy atom. The van der Waals surface area contributed by atoms with Gasteiger partial charge in [0.15, 0.2) is 17.5 Å². The molecule has 0 aliphatic heterocycles. The second-order valence-corrected chi connectivity index (χ2v) is 17.2. The third kappa shape index (κ3) is 6.94. The van der Waals surface area contributed by atoms with Crippen LogP contribution >= 0.6 is 0 Å². The largest absolute Gasteiger partial charge is 0.208 e. The highest BCUT2D eigenvalue weighted by atomic mass is 15.0. The van der Waals surface area contributed by atoms with Crippen LogP contribution in [0.25, 0.3) is 89.5 Å². The molecule has 320 valence electrons. The molecule has 3 nitrogen and oxygen atoms in total. The lowest BCUT2D eigenvalue weighted by Gasteiger charge is -2.32. The summed E-state index contributed by atoms with van der Waals surface area (Å²) in [6, 6.07) is 65.8. The first-order valence-electron chi connectivity index (χ1n) is 23.3. The maximum Gasteiger partial charge on any atom is 0.164 e. The molecular formula is C64H49N3. The molecule has 0 atom stereocenters. The van der Waals surface area contributed by atoms with E-state index in [1.807, 2.05) is 19.1 Å². The molecule has 0 saturated carbocycles. The van der Waals surface area contributed by atoms with E-state index in [2.05, 4.69) is 221 Å². The van der Waals surface area contributed by atoms with Crippen LogP contribution in [0.1, 0.15) is 55.0 Å². The van der Waals surface area contributed by atoms with E-state index in [-0.39, 0.29) is 0 Å². The van der Waals surface area contributed by atoms with Gasteiger partial charge in [0.1, 0.15) is 0 Å². The molecule has 3 heteroatoms. The fraction of sp³-hybridized carbons (Fsp3) is 0.0781. The summed E-state index contributed by atoms with van der Waals surface area (Å²) in [7, 11) is 0. The van der Waals surface area contributed by atoms with Gasteiger partial charge in [-0.05, 0) is 133 Å². The smallest absolute Gasteiger partial charge is 0.164 e. The summed E-state index contributed by atoms with van der Waals surface area (Å²) in [6.07, 6.45) is 13.7. The van der Waals surface area contributed by atoms with Gasteiger partial charge in [0.25, 0.3) is 0 Å². The van der Waals surface area contributed by atoms with Crippen LogP contribution in [0.2, 0.25) is 0 Å². The predicted octanol–water partition coefficient (Wildman–Crippen LogP) is 16.6. The van der Waals surface area contributed by atoms with E-state index < -0.39 is 5.41 Å². The molecule has 0 saturated heterocycles. The summed E-state index contributed by atoms with van der Waals surface area (Å²) in [6.45, 7) is 10.4. The highest BCUT2D eigenvalue weighted by Crippen LogP contribution is 2.65. The minimum Gasteiger partial charge on any atom is -0.208 e. The molecule has 0 N–H and O–H groups in total. The Bertz CT molecular complexity index is 3500. The normalized spacial score (nSPS) is 14.8. The standard InChI is InChI=1S/C64H49N3/c1-5-9-21-42(7-3)44-24-17-26-49(39-44)61-65-62(50-27-18-25-45(40-50)43-22-11-10-12-23-43)67-63(66-61)51-37-35-46-38-48(36-34-47(46)41-51)52-30-19-31-56-53(20-6-2)57(8-4)64(60(52)56)58-32-15-13-28-54(58)55-29-14-16-33-59(55)64/h5,7-41H,1,6H2,2-4H3/b21-9-,42-7+,53-20-,57-8+. The van der Waals surface area contributed by atoms with Gasteiger partial charge in [-0.2, -0.15) is 0 Å². The maximum atomic E-state index is 5.21. The van der Waals surface area contributed by atoms with Gasteiger partial charge in [0.2, 0.25) is 0 Å². The minimum absolute atomic E-state index is 0.432. The van der Waals surface area contributed by atoms with Crippen LogP contribution in [-0.4, -0.2) is 15.0 Å². The van der Waals surface area contributed by atoms with Gasteiger partial charge in [0.05, 0.1) is 5.41 Å². The monoisotopic (exact) mass is 859 g/mol. The topological polar surface area (TPSA) is 38.7 Å². The molecule has 1 heterocycles. The molecular weight excluding hydrogens is 811 g/mol. The number of hydrogen-bond acceptors (Lipinski definition) is 3. The molecule has 2 aliphatic carbocycles. The average molecular weight is 860 g/mol. The van der Waals surface area contributed by atoms with Gasteiger partial charge in [-0.1, -0.05) is 208 Å². The first-order valence-corrected chi connectivity index (χ1v) is 23.3. The summed E-state index contributed by atoms with van der Waals surface area (Å²) in [5.41, 5.74) is 19.9. The second kappa shape index (κ2) is 17.3. The Hall–Kier alpha value is -8.27. The molecule has 11 rings (SSSR count). The van der Waals surface area contributed by atoms with Crippen LogP contribution < -0.4 is 0 Å². The summed E-state index contributed by atoms with van der Waals surface area (Å²) in [5.74, 6) is 1.86. The van der Waals surface area contributed by atoms with E-state index in [1.165, 1.54) is 55.7 Å². The number of benzene rings is 8. The van der Waals surface area contributed by atoms with Gasteiger partial charge in [-0.15, -0.1) is 0 Å². The van der Waals surface area contributed by atoms with Crippen molar-refractivity contribution >= 4 is 21.9 Å². The zero-order valence-corrected chi connectivity index (χ0v) is 38.0. The zero-order valence-electron chi connectivity index (χ0n) is 38.0. The third-order valence-corrected chi connectivity index (χ3v) is 13.5. The molecule has 67 heavy (non-hydrogen) atoms. The van der Waals surface area contributed by atoms with E-state index in [1.54, 1.807) is 6.08 Å². The first kappa shape index (κ1) is 41.4. The molecule has 8 aromatic carbocycles. The lowest BCUT2D eigenvalue weighted by atomic mass is 9.68. The van der Waals surface area contributed by atoms with Crippen LogP contribution in [-0.2, 0) is 5.41 Å². The highest BCUT2D eigenvalue weighted by Gasteiger charge is 2.54. The van der Waals surface area contributed by atoms with Crippen molar-refractivity contribution in [2.24, 2.45) is 0 Å². The summed E-state index contributed by atoms with van der Waals surface area (Å²) in [5, 5.41) is 2.27. The molecule has 0 radical (unpaired) electrons. The molecule has 0 bridgehead atoms. The number of aromatic nitrogens is 3. The van der Waals surface area contributed by atoms with Gasteiger partial charge in [-0.25, -0.2) is 15.0 Å². The van der Waals surface area contributed by atoms with Gasteiger partial charge >= 0.3 is 0 Å². The van der Waals surface area contributed by atoms with Crippen molar-refractivity contribution in [3.63, 3.8) is 0 Å². The van der Waals surface area contributed by atoms with Crippen LogP contribution in [0.5, 0.6) is 0 Å². The maximum absolute atomic E-state index is 5.21. The van der Waals surface area contributed by atoms with Crippen LogP contribution in [0.15, 0.2) is 231 Å². The minimum atomic E-state index is -0.432. The summed E-state index contributed by atoms with van der Waals surface area (Å²) >= 11 is 0. The lowest BCUT2D eigenvalue weighted by Crippen LogP contribution is -2.26. The Labute approximate surface area is 393 Å². The van der Waals surface area contributed by atoms with Crippen molar-refractivity contribution in [2.75, 3.05) is 0 Å². The number of nitrogens with zero attached hydrogens (tertiary/aromatic N) is 3. The van der Waals surface area contributed by atoms with Crippen molar-refractivity contribution in [1.29, 1.82) is 0 Å². The highest BCUT2D eigenvalue weighted by molar-refractivity contribution is 6.03. The first-order chi connectivity index (χ1) is 33.0. The van der Waals surface area contributed by atoms with Crippen molar-refractivity contribution < 1.29 is 0 Å². The molecule has 1 aromatic heterocycles. The number of fused-ring (bicyclic) bond motifs is 8. The Balaban J connectivity index is 1.05. The SMILES string of the molecule is C=C/C=C\C(=C/C)c1cccc(-c2nc(-c3cccc(-c4ccccc4)c3)nc(-c3ccc4cc(-c5cccc6c5C5(C(=C/C)/C6=C\CC)c6ccccc6-c6ccccc65)ccc4c3)n2)c1. The molecule has 2 aliphatic rings. The van der Waals surface area contributed by atoms with E-state index in [0.29, 0.717) is 17.5 Å². The predicted molar refractivity (Wildman–Crippen MR) is 281 cm³/mol. The van der Waals surface area contributed by atoms with Gasteiger partial charge in [-0.3, -0.25) is 0 Å². The number of hydrogen-bond donors (Lipinski definition) is 0. The average Bonchev–Trinajstić information content (AvgIpc) is 3.85. The fourth-order valence-electron chi connectivity index (χ4n) is 10.6. The van der Waals surface area contributed by atoms with Gasteiger partial charge < -0.3 is 0 Å². The van der Waals surface area contributed by atoms with Crippen molar-refractivity contribution in [3.8, 4) is 67.5 Å². The van der Waals surface area contributed by atoms with Crippen LogP contribution in [0.3, 0.4) is 0 Å². The van der Waals surface area contributed by atoms with E-state index in [9.17, 15) is 0 Å². The molecule has 0 amide bonds. The fourth-order valence-corrected chi connectivity index (χ4v) is 10.6. The Morgan fingerprint density at radius 3 is 1.70 bits per heavy atom. The van der Waals surface area contributed by atoms with E-state index >= 15 is 0 Å². The third-order valence-electron chi connectivity index (χ3n) is 13.5. The summed E-state index contributed by atoms with van der Waals surface area (Å²) in [4.78, 5) is 15.6. The lowest BCUT2D eigenvalue weighted by molar-refractivity contribution is 0.794. The van der Waals surface area contributed by atoms with Crippen LogP contribution in [0.4, 0.5) is 0 Å². The second-order valence-electron chi connectivity index (χ2n) is 17.2. The number of rotatable bonds is 9. The quantitative estimate of drug-likeness (QED) is 0.136. The Kier molecular flexibility index (Phi) is 10.7. The van der Waals surface area contributed by atoms with Crippen molar-refractivity contribution in [2.45, 2.75) is 32.6 Å². The number of allylic oxidation sites excluding steroid dienone is 9. The molecule has 9 aromatic rings. The summed E-state index contributed by atoms with van der Waals surface area (Å²) < 4.78 is 0. The molecule has 1 spiro atoms.